The molecule has 0 bridgehead atoms. The molecule has 0 saturated carbocycles. The average molecular weight is 303 g/mol. The number of para-hydroxylation sites is 2. The molecule has 1 N–H and O–H groups in total. The molecule has 1 aliphatic heterocycles. The first-order valence-corrected chi connectivity index (χ1v) is 7.26. The summed E-state index contributed by atoms with van der Waals surface area (Å²) in [6.07, 6.45) is 2.37. The summed E-state index contributed by atoms with van der Waals surface area (Å²) >= 11 is 5.68. The van der Waals surface area contributed by atoms with Gasteiger partial charge in [0.2, 0.25) is 0 Å². The molecule has 2 aromatic rings. The van der Waals surface area contributed by atoms with Crippen molar-refractivity contribution in [1.29, 1.82) is 0 Å². The van der Waals surface area contributed by atoms with Gasteiger partial charge >= 0.3 is 0 Å². The second-order valence-electron chi connectivity index (χ2n) is 4.91. The Bertz CT molecular complexity index is 638. The number of nitrogens with one attached hydrogen (secondary N) is 1. The van der Waals surface area contributed by atoms with E-state index in [2.05, 4.69) is 20.4 Å². The van der Waals surface area contributed by atoms with E-state index in [0.29, 0.717) is 0 Å². The Morgan fingerprint density at radius 2 is 1.86 bits per heavy atom. The standard InChI is InChI=1S/C15H15ClN4O/c16-14-8-7-12(18-19-14)15(21)17-11-5-1-2-6-13(11)20-9-3-4-10-20/h1-2,5-8H,3-4,9-10H2,(H,17,21). The van der Waals surface area contributed by atoms with Gasteiger partial charge in [-0.05, 0) is 37.1 Å². The van der Waals surface area contributed by atoms with Gasteiger partial charge in [-0.2, -0.15) is 0 Å². The van der Waals surface area contributed by atoms with E-state index in [0.717, 1.165) is 24.5 Å². The zero-order valence-electron chi connectivity index (χ0n) is 11.4. The van der Waals surface area contributed by atoms with Crippen molar-refractivity contribution >= 4 is 28.9 Å². The van der Waals surface area contributed by atoms with Crippen LogP contribution in [0, 0.1) is 0 Å². The molecule has 2 heterocycles. The molecule has 1 aliphatic rings. The molecule has 3 rings (SSSR count). The summed E-state index contributed by atoms with van der Waals surface area (Å²) in [6, 6.07) is 10.9. The van der Waals surface area contributed by atoms with Gasteiger partial charge in [-0.15, -0.1) is 10.2 Å². The van der Waals surface area contributed by atoms with Crippen molar-refractivity contribution in [1.82, 2.24) is 10.2 Å². The van der Waals surface area contributed by atoms with Crippen LogP contribution < -0.4 is 10.2 Å². The molecule has 0 aliphatic carbocycles. The molecule has 1 aromatic heterocycles. The molecule has 21 heavy (non-hydrogen) atoms. The fraction of sp³-hybridized carbons (Fsp3) is 0.267. The minimum atomic E-state index is -0.286. The lowest BCUT2D eigenvalue weighted by atomic mass is 10.2. The maximum atomic E-state index is 12.2. The second-order valence-corrected chi connectivity index (χ2v) is 5.29. The van der Waals surface area contributed by atoms with Crippen LogP contribution in [-0.2, 0) is 0 Å². The molecule has 1 saturated heterocycles. The predicted molar refractivity (Wildman–Crippen MR) is 82.9 cm³/mol. The van der Waals surface area contributed by atoms with Crippen molar-refractivity contribution in [2.75, 3.05) is 23.3 Å². The monoisotopic (exact) mass is 302 g/mol. The van der Waals surface area contributed by atoms with Crippen LogP contribution in [0.5, 0.6) is 0 Å². The molecule has 0 unspecified atom stereocenters. The van der Waals surface area contributed by atoms with Crippen LogP contribution in [0.25, 0.3) is 0 Å². The van der Waals surface area contributed by atoms with Crippen molar-refractivity contribution in [2.24, 2.45) is 0 Å². The normalized spacial score (nSPS) is 14.2. The summed E-state index contributed by atoms with van der Waals surface area (Å²) in [5.74, 6) is -0.286. The third-order valence-electron chi connectivity index (χ3n) is 3.46. The fourth-order valence-corrected chi connectivity index (χ4v) is 2.54. The number of anilines is 2. The number of nitrogens with zero attached hydrogens (tertiary/aromatic N) is 3. The summed E-state index contributed by atoms with van der Waals surface area (Å²) in [5, 5.41) is 10.6. The van der Waals surface area contributed by atoms with Gasteiger partial charge in [0, 0.05) is 13.1 Å². The quantitative estimate of drug-likeness (QED) is 0.947. The van der Waals surface area contributed by atoms with E-state index in [1.54, 1.807) is 12.1 Å². The molecule has 5 nitrogen and oxygen atoms in total. The smallest absolute Gasteiger partial charge is 0.276 e. The van der Waals surface area contributed by atoms with Gasteiger partial charge in [0.25, 0.3) is 5.91 Å². The summed E-state index contributed by atoms with van der Waals surface area (Å²) in [7, 11) is 0. The van der Waals surface area contributed by atoms with Gasteiger partial charge in [-0.3, -0.25) is 4.79 Å². The average Bonchev–Trinajstić information content (AvgIpc) is 3.02. The first-order valence-electron chi connectivity index (χ1n) is 6.88. The largest absolute Gasteiger partial charge is 0.370 e. The number of rotatable bonds is 3. The molecule has 0 radical (unpaired) electrons. The van der Waals surface area contributed by atoms with Crippen LogP contribution in [-0.4, -0.2) is 29.2 Å². The summed E-state index contributed by atoms with van der Waals surface area (Å²) in [4.78, 5) is 14.5. The number of carbonyl (C=O) groups excluding carboxylic acids is 1. The van der Waals surface area contributed by atoms with Crippen molar-refractivity contribution in [3.63, 3.8) is 0 Å². The van der Waals surface area contributed by atoms with Gasteiger partial charge in [0.15, 0.2) is 10.8 Å². The van der Waals surface area contributed by atoms with Crippen LogP contribution in [0.15, 0.2) is 36.4 Å². The number of aromatic nitrogens is 2. The first-order chi connectivity index (χ1) is 10.2. The van der Waals surface area contributed by atoms with Crippen molar-refractivity contribution in [3.8, 4) is 0 Å². The minimum absolute atomic E-state index is 0.246. The Hall–Kier alpha value is -2.14. The Morgan fingerprint density at radius 3 is 2.57 bits per heavy atom. The van der Waals surface area contributed by atoms with Crippen LogP contribution >= 0.6 is 11.6 Å². The van der Waals surface area contributed by atoms with E-state index in [9.17, 15) is 4.79 Å². The second kappa shape index (κ2) is 6.10. The molecule has 1 fully saturated rings. The number of halogens is 1. The first kappa shape index (κ1) is 13.8. The van der Waals surface area contributed by atoms with Crippen molar-refractivity contribution in [3.05, 3.63) is 47.2 Å². The van der Waals surface area contributed by atoms with E-state index in [-0.39, 0.29) is 16.8 Å². The zero-order valence-corrected chi connectivity index (χ0v) is 12.2. The lowest BCUT2D eigenvalue weighted by molar-refractivity contribution is 0.102. The minimum Gasteiger partial charge on any atom is -0.370 e. The van der Waals surface area contributed by atoms with Crippen LogP contribution in [0.2, 0.25) is 5.15 Å². The third kappa shape index (κ3) is 3.13. The number of amides is 1. The molecule has 0 spiro atoms. The van der Waals surface area contributed by atoms with Crippen molar-refractivity contribution in [2.45, 2.75) is 12.8 Å². The van der Waals surface area contributed by atoms with E-state index < -0.39 is 0 Å². The molecular weight excluding hydrogens is 288 g/mol. The molecule has 6 heteroatoms. The number of hydrogen-bond donors (Lipinski definition) is 1. The SMILES string of the molecule is O=C(Nc1ccccc1N1CCCC1)c1ccc(Cl)nn1. The van der Waals surface area contributed by atoms with Crippen LogP contribution in [0.1, 0.15) is 23.3 Å². The summed E-state index contributed by atoms with van der Waals surface area (Å²) in [6.45, 7) is 2.04. The highest BCUT2D eigenvalue weighted by Crippen LogP contribution is 2.28. The Labute approximate surface area is 127 Å². The van der Waals surface area contributed by atoms with E-state index in [1.807, 2.05) is 24.3 Å². The molecule has 1 amide bonds. The molecule has 1 aromatic carbocycles. The number of benzene rings is 1. The van der Waals surface area contributed by atoms with Gasteiger partial charge in [0.05, 0.1) is 11.4 Å². The van der Waals surface area contributed by atoms with Gasteiger partial charge < -0.3 is 10.2 Å². The summed E-state index contributed by atoms with van der Waals surface area (Å²) in [5.41, 5.74) is 2.09. The highest BCUT2D eigenvalue weighted by molar-refractivity contribution is 6.29. The van der Waals surface area contributed by atoms with Gasteiger partial charge in [0.1, 0.15) is 0 Å². The summed E-state index contributed by atoms with van der Waals surface area (Å²) < 4.78 is 0. The Morgan fingerprint density at radius 1 is 1.10 bits per heavy atom. The Kier molecular flexibility index (Phi) is 4.01. The van der Waals surface area contributed by atoms with E-state index in [4.69, 9.17) is 11.6 Å². The predicted octanol–water partition coefficient (Wildman–Crippen LogP) is 2.98. The highest BCUT2D eigenvalue weighted by Gasteiger charge is 2.17. The van der Waals surface area contributed by atoms with Crippen molar-refractivity contribution < 1.29 is 4.79 Å². The zero-order chi connectivity index (χ0) is 14.7. The van der Waals surface area contributed by atoms with E-state index in [1.165, 1.54) is 12.8 Å². The van der Waals surface area contributed by atoms with Gasteiger partial charge in [-0.1, -0.05) is 23.7 Å². The van der Waals surface area contributed by atoms with E-state index >= 15 is 0 Å². The third-order valence-corrected chi connectivity index (χ3v) is 3.67. The lowest BCUT2D eigenvalue weighted by Gasteiger charge is -2.21. The fourth-order valence-electron chi connectivity index (χ4n) is 2.44. The number of hydrogen-bond acceptors (Lipinski definition) is 4. The highest BCUT2D eigenvalue weighted by atomic mass is 35.5. The van der Waals surface area contributed by atoms with Crippen LogP contribution in [0.4, 0.5) is 11.4 Å². The maximum Gasteiger partial charge on any atom is 0.276 e. The number of carbonyl (C=O) groups is 1. The lowest BCUT2D eigenvalue weighted by Crippen LogP contribution is -2.21. The maximum absolute atomic E-state index is 12.2. The molecule has 0 atom stereocenters. The molecular formula is C15H15ClN4O. The Balaban J connectivity index is 1.81. The van der Waals surface area contributed by atoms with Crippen LogP contribution in [0.3, 0.4) is 0 Å². The topological polar surface area (TPSA) is 58.1 Å². The molecule has 108 valence electrons. The van der Waals surface area contributed by atoms with Gasteiger partial charge in [-0.25, -0.2) is 0 Å².